The van der Waals surface area contributed by atoms with E-state index < -0.39 is 11.0 Å². The molecule has 1 aromatic rings. The summed E-state index contributed by atoms with van der Waals surface area (Å²) in [6.07, 6.45) is 2.29. The van der Waals surface area contributed by atoms with Crippen molar-refractivity contribution in [2.24, 2.45) is 0 Å². The summed E-state index contributed by atoms with van der Waals surface area (Å²) in [5.74, 6) is -0.243. The van der Waals surface area contributed by atoms with E-state index in [0.29, 0.717) is 5.56 Å². The van der Waals surface area contributed by atoms with Crippen molar-refractivity contribution in [2.45, 2.75) is 31.4 Å². The molecule has 19 heavy (non-hydrogen) atoms. The fraction of sp³-hybridized carbons (Fsp3) is 0.462. The molecular formula is C13H16N2O4. The van der Waals surface area contributed by atoms with Gasteiger partial charge in [-0.3, -0.25) is 14.9 Å². The first-order chi connectivity index (χ1) is 9.11. The normalized spacial score (nSPS) is 16.5. The van der Waals surface area contributed by atoms with Crippen LogP contribution in [0.1, 0.15) is 30.9 Å². The van der Waals surface area contributed by atoms with Crippen molar-refractivity contribution in [3.8, 4) is 0 Å². The zero-order valence-electron chi connectivity index (χ0n) is 10.7. The van der Waals surface area contributed by atoms with Crippen molar-refractivity contribution in [2.75, 3.05) is 7.11 Å². The monoisotopic (exact) mass is 264 g/mol. The molecule has 0 aliphatic heterocycles. The van der Waals surface area contributed by atoms with Gasteiger partial charge in [0.1, 0.15) is 0 Å². The molecule has 0 aromatic heterocycles. The number of non-ortho nitro benzene ring substituents is 1. The Kier molecular flexibility index (Phi) is 4.11. The van der Waals surface area contributed by atoms with Crippen LogP contribution >= 0.6 is 0 Å². The maximum atomic E-state index is 12.1. The zero-order chi connectivity index (χ0) is 13.8. The first kappa shape index (κ1) is 13.5. The summed E-state index contributed by atoms with van der Waals surface area (Å²) in [4.78, 5) is 22.3. The average molecular weight is 264 g/mol. The van der Waals surface area contributed by atoms with Gasteiger partial charge in [-0.2, -0.15) is 0 Å². The molecule has 1 aliphatic rings. The summed E-state index contributed by atoms with van der Waals surface area (Å²) in [5.41, 5.74) is 0.449. The van der Waals surface area contributed by atoms with Crippen molar-refractivity contribution in [1.82, 2.24) is 5.32 Å². The number of rotatable bonds is 5. The summed E-state index contributed by atoms with van der Waals surface area (Å²) < 4.78 is 5.17. The molecule has 1 N–H and O–H groups in total. The van der Waals surface area contributed by atoms with E-state index in [1.165, 1.54) is 19.2 Å². The Labute approximate surface area is 110 Å². The van der Waals surface area contributed by atoms with Crippen LogP contribution in [-0.2, 0) is 9.53 Å². The molecule has 6 heteroatoms. The average Bonchev–Trinajstić information content (AvgIpc) is 2.35. The van der Waals surface area contributed by atoms with Crippen molar-refractivity contribution in [1.29, 1.82) is 0 Å². The second-order valence-electron chi connectivity index (χ2n) is 4.60. The predicted molar refractivity (Wildman–Crippen MR) is 68.6 cm³/mol. The van der Waals surface area contributed by atoms with E-state index in [1.807, 2.05) is 0 Å². The quantitative estimate of drug-likeness (QED) is 0.651. The molecular weight excluding hydrogens is 248 g/mol. The summed E-state index contributed by atoms with van der Waals surface area (Å²) in [6, 6.07) is 6.18. The third-order valence-corrected chi connectivity index (χ3v) is 3.31. The van der Waals surface area contributed by atoms with Gasteiger partial charge in [-0.15, -0.1) is 0 Å². The number of methoxy groups -OCH3 is 1. The van der Waals surface area contributed by atoms with Crippen LogP contribution in [0.15, 0.2) is 24.3 Å². The second kappa shape index (κ2) is 5.79. The van der Waals surface area contributed by atoms with Crippen LogP contribution in [0.25, 0.3) is 0 Å². The lowest BCUT2D eigenvalue weighted by Crippen LogP contribution is -2.42. The number of nitrogens with one attached hydrogen (secondary N) is 1. The van der Waals surface area contributed by atoms with Gasteiger partial charge in [-0.1, -0.05) is 12.1 Å². The molecule has 1 unspecified atom stereocenters. The Hall–Kier alpha value is -1.95. The molecule has 1 amide bonds. The summed E-state index contributed by atoms with van der Waals surface area (Å²) in [7, 11) is 1.42. The first-order valence-corrected chi connectivity index (χ1v) is 6.19. The van der Waals surface area contributed by atoms with Gasteiger partial charge in [0.05, 0.1) is 4.92 Å². The molecule has 102 valence electrons. The van der Waals surface area contributed by atoms with Crippen LogP contribution < -0.4 is 5.32 Å². The van der Waals surface area contributed by atoms with Crippen LogP contribution in [0.5, 0.6) is 0 Å². The smallest absolute Gasteiger partial charge is 0.269 e. The minimum atomic E-state index is -0.805. The van der Waals surface area contributed by atoms with Gasteiger partial charge >= 0.3 is 0 Å². The van der Waals surface area contributed by atoms with Gasteiger partial charge in [-0.05, 0) is 24.8 Å². The maximum Gasteiger partial charge on any atom is 0.269 e. The lowest BCUT2D eigenvalue weighted by atomic mass is 9.93. The Bertz CT molecular complexity index is 485. The SMILES string of the molecule is COC(C(=O)NC1CCC1)c1cccc([N+](=O)[O-])c1. The minimum absolute atomic E-state index is 0.0454. The molecule has 0 bridgehead atoms. The number of hydrogen-bond acceptors (Lipinski definition) is 4. The van der Waals surface area contributed by atoms with Crippen LogP contribution in [0.3, 0.4) is 0 Å². The minimum Gasteiger partial charge on any atom is -0.367 e. The highest BCUT2D eigenvalue weighted by Gasteiger charge is 2.26. The van der Waals surface area contributed by atoms with Crippen molar-refractivity contribution < 1.29 is 14.5 Å². The molecule has 1 saturated carbocycles. The highest BCUT2D eigenvalue weighted by atomic mass is 16.6. The van der Waals surface area contributed by atoms with Gasteiger partial charge in [0.2, 0.25) is 0 Å². The number of ether oxygens (including phenoxy) is 1. The Morgan fingerprint density at radius 1 is 1.53 bits per heavy atom. The van der Waals surface area contributed by atoms with E-state index in [2.05, 4.69) is 5.32 Å². The van der Waals surface area contributed by atoms with Gasteiger partial charge < -0.3 is 10.1 Å². The van der Waals surface area contributed by atoms with E-state index in [-0.39, 0.29) is 17.6 Å². The molecule has 6 nitrogen and oxygen atoms in total. The predicted octanol–water partition coefficient (Wildman–Crippen LogP) is 1.95. The van der Waals surface area contributed by atoms with Crippen LogP contribution in [-0.4, -0.2) is 24.0 Å². The second-order valence-corrected chi connectivity index (χ2v) is 4.60. The van der Waals surface area contributed by atoms with E-state index >= 15 is 0 Å². The number of nitrogens with zero attached hydrogens (tertiary/aromatic N) is 1. The molecule has 0 spiro atoms. The molecule has 0 saturated heterocycles. The summed E-state index contributed by atoms with van der Waals surface area (Å²) in [6.45, 7) is 0. The number of carbonyl (C=O) groups excluding carboxylic acids is 1. The standard InChI is InChI=1S/C13H16N2O4/c1-19-12(13(16)14-10-5-3-6-10)9-4-2-7-11(8-9)15(17)18/h2,4,7-8,10,12H,3,5-6H2,1H3,(H,14,16). The van der Waals surface area contributed by atoms with Crippen molar-refractivity contribution in [3.05, 3.63) is 39.9 Å². The van der Waals surface area contributed by atoms with Gasteiger partial charge in [-0.25, -0.2) is 0 Å². The fourth-order valence-electron chi connectivity index (χ4n) is 2.03. The largest absolute Gasteiger partial charge is 0.367 e. The summed E-state index contributed by atoms with van der Waals surface area (Å²) >= 11 is 0. The number of nitro groups is 1. The summed E-state index contributed by atoms with van der Waals surface area (Å²) in [5, 5.41) is 13.6. The third kappa shape index (κ3) is 3.08. The topological polar surface area (TPSA) is 81.5 Å². The number of hydrogen-bond donors (Lipinski definition) is 1. The molecule has 1 aliphatic carbocycles. The van der Waals surface area contributed by atoms with Crippen LogP contribution in [0, 0.1) is 10.1 Å². The Morgan fingerprint density at radius 2 is 2.26 bits per heavy atom. The maximum absolute atomic E-state index is 12.1. The molecule has 1 aromatic carbocycles. The lowest BCUT2D eigenvalue weighted by Gasteiger charge is -2.28. The van der Waals surface area contributed by atoms with Crippen molar-refractivity contribution in [3.63, 3.8) is 0 Å². The molecule has 2 rings (SSSR count). The van der Waals surface area contributed by atoms with E-state index in [1.54, 1.807) is 12.1 Å². The van der Waals surface area contributed by atoms with Gasteiger partial charge in [0.25, 0.3) is 11.6 Å². The van der Waals surface area contributed by atoms with Crippen molar-refractivity contribution >= 4 is 11.6 Å². The number of benzene rings is 1. The highest BCUT2D eigenvalue weighted by molar-refractivity contribution is 5.82. The third-order valence-electron chi connectivity index (χ3n) is 3.31. The number of amides is 1. The Balaban J connectivity index is 2.13. The first-order valence-electron chi connectivity index (χ1n) is 6.19. The van der Waals surface area contributed by atoms with Crippen LogP contribution in [0.4, 0.5) is 5.69 Å². The van der Waals surface area contributed by atoms with Gasteiger partial charge in [0.15, 0.2) is 6.10 Å². The highest BCUT2D eigenvalue weighted by Crippen LogP contribution is 2.24. The van der Waals surface area contributed by atoms with E-state index in [9.17, 15) is 14.9 Å². The molecule has 0 heterocycles. The fourth-order valence-corrected chi connectivity index (χ4v) is 2.03. The van der Waals surface area contributed by atoms with Gasteiger partial charge in [0, 0.05) is 25.3 Å². The van der Waals surface area contributed by atoms with E-state index in [4.69, 9.17) is 4.74 Å². The Morgan fingerprint density at radius 3 is 2.79 bits per heavy atom. The molecule has 1 atom stereocenters. The number of nitro benzene ring substituents is 1. The zero-order valence-corrected chi connectivity index (χ0v) is 10.7. The molecule has 1 fully saturated rings. The van der Waals surface area contributed by atoms with E-state index in [0.717, 1.165) is 19.3 Å². The molecule has 0 radical (unpaired) electrons. The van der Waals surface area contributed by atoms with Crippen LogP contribution in [0.2, 0.25) is 0 Å². The lowest BCUT2D eigenvalue weighted by molar-refractivity contribution is -0.385. The number of carbonyl (C=O) groups is 1.